The number of nitrogens with one attached hydrogen (secondary N) is 1. The van der Waals surface area contributed by atoms with Gasteiger partial charge in [0.25, 0.3) is 10.9 Å². The largest absolute Gasteiger partial charge is 0.495 e. The number of benzene rings is 1. The lowest BCUT2D eigenvalue weighted by molar-refractivity contribution is 0.335. The molecule has 0 saturated heterocycles. The van der Waals surface area contributed by atoms with E-state index in [9.17, 15) is 9.59 Å². The smallest absolute Gasteiger partial charge is 0.272 e. The fraction of sp³-hybridized carbons (Fsp3) is 0.231. The normalized spacial score (nSPS) is 10.5. The third kappa shape index (κ3) is 2.42. The summed E-state index contributed by atoms with van der Waals surface area (Å²) in [5.41, 5.74) is -0.453. The van der Waals surface area contributed by atoms with Crippen LogP contribution in [0, 0.1) is 0 Å². The maximum atomic E-state index is 11.5. The molecule has 1 N–H and O–H groups in total. The van der Waals surface area contributed by atoms with Crippen LogP contribution in [0.15, 0.2) is 27.8 Å². The molecule has 0 amide bonds. The van der Waals surface area contributed by atoms with Gasteiger partial charge in [0.2, 0.25) is 0 Å². The molecule has 0 aliphatic carbocycles. The first-order valence-electron chi connectivity index (χ1n) is 5.65. The van der Waals surface area contributed by atoms with Crippen molar-refractivity contribution in [1.29, 1.82) is 0 Å². The minimum atomic E-state index is -0.607. The van der Waals surface area contributed by atoms with Crippen LogP contribution < -0.4 is 25.6 Å². The molecule has 2 aromatic rings. The topological polar surface area (TPSA) is 64.6 Å². The van der Waals surface area contributed by atoms with Crippen molar-refractivity contribution >= 4 is 23.0 Å². The summed E-state index contributed by atoms with van der Waals surface area (Å²) in [6, 6.07) is 4.96. The second kappa shape index (κ2) is 5.32. The first-order valence-corrected chi connectivity index (χ1v) is 6.03. The predicted molar refractivity (Wildman–Crippen MR) is 73.8 cm³/mol. The van der Waals surface area contributed by atoms with Gasteiger partial charge in [-0.05, 0) is 25.1 Å². The fourth-order valence-electron chi connectivity index (χ4n) is 1.65. The Morgan fingerprint density at radius 3 is 2.58 bits per heavy atom. The molecule has 0 unspecified atom stereocenters. The van der Waals surface area contributed by atoms with Gasteiger partial charge in [0, 0.05) is 5.69 Å². The van der Waals surface area contributed by atoms with Gasteiger partial charge in [-0.2, -0.15) is 0 Å². The molecule has 5 nitrogen and oxygen atoms in total. The Balaban J connectivity index is 2.27. The predicted octanol–water partition coefficient (Wildman–Crippen LogP) is 2.09. The second-order valence-corrected chi connectivity index (χ2v) is 4.18. The van der Waals surface area contributed by atoms with E-state index in [4.69, 9.17) is 21.1 Å². The molecule has 0 aliphatic heterocycles. The summed E-state index contributed by atoms with van der Waals surface area (Å²) in [4.78, 5) is 22.8. The van der Waals surface area contributed by atoms with Crippen LogP contribution in [0.4, 0.5) is 11.4 Å². The van der Waals surface area contributed by atoms with E-state index in [0.717, 1.165) is 0 Å². The number of rotatable bonds is 5. The summed E-state index contributed by atoms with van der Waals surface area (Å²) >= 11 is 5.97. The van der Waals surface area contributed by atoms with Crippen LogP contribution in [0.2, 0.25) is 5.02 Å². The molecule has 6 heteroatoms. The van der Waals surface area contributed by atoms with E-state index in [1.54, 1.807) is 25.1 Å². The van der Waals surface area contributed by atoms with Gasteiger partial charge in [-0.3, -0.25) is 9.59 Å². The molecule has 0 saturated carbocycles. The monoisotopic (exact) mass is 281 g/mol. The molecule has 100 valence electrons. The second-order valence-electron chi connectivity index (χ2n) is 3.77. The highest BCUT2D eigenvalue weighted by molar-refractivity contribution is 6.32. The molecular weight excluding hydrogens is 270 g/mol. The van der Waals surface area contributed by atoms with Crippen LogP contribution in [0.1, 0.15) is 6.92 Å². The lowest BCUT2D eigenvalue weighted by atomic mass is 10.2. The van der Waals surface area contributed by atoms with Gasteiger partial charge in [0.05, 0.1) is 18.7 Å². The van der Waals surface area contributed by atoms with E-state index >= 15 is 0 Å². The average Bonchev–Trinajstić information content (AvgIpc) is 2.42. The number of anilines is 2. The Labute approximate surface area is 114 Å². The molecule has 0 spiro atoms. The molecule has 19 heavy (non-hydrogen) atoms. The summed E-state index contributed by atoms with van der Waals surface area (Å²) < 4.78 is 10.1. The molecule has 0 aromatic heterocycles. The Morgan fingerprint density at radius 1 is 1.26 bits per heavy atom. The van der Waals surface area contributed by atoms with Crippen LogP contribution in [-0.2, 0) is 0 Å². The van der Waals surface area contributed by atoms with Crippen LogP contribution in [0.5, 0.6) is 11.5 Å². The third-order valence-corrected chi connectivity index (χ3v) is 2.87. The molecule has 0 atom stereocenters. The van der Waals surface area contributed by atoms with Crippen molar-refractivity contribution in [2.45, 2.75) is 6.92 Å². The van der Waals surface area contributed by atoms with Crippen molar-refractivity contribution in [3.63, 3.8) is 0 Å². The Morgan fingerprint density at radius 2 is 2.00 bits per heavy atom. The van der Waals surface area contributed by atoms with E-state index in [1.807, 2.05) is 0 Å². The zero-order chi connectivity index (χ0) is 14.0. The maximum Gasteiger partial charge on any atom is 0.272 e. The van der Waals surface area contributed by atoms with Crippen molar-refractivity contribution in [2.75, 3.05) is 19.0 Å². The lowest BCUT2D eigenvalue weighted by Crippen LogP contribution is -2.35. The van der Waals surface area contributed by atoms with Gasteiger partial charge < -0.3 is 14.8 Å². The van der Waals surface area contributed by atoms with Crippen molar-refractivity contribution in [3.05, 3.63) is 43.7 Å². The summed E-state index contributed by atoms with van der Waals surface area (Å²) in [5.74, 6) is 0.599. The van der Waals surface area contributed by atoms with E-state index in [1.165, 1.54) is 7.11 Å². The zero-order valence-corrected chi connectivity index (χ0v) is 11.2. The quantitative estimate of drug-likeness (QED) is 0.850. The summed E-state index contributed by atoms with van der Waals surface area (Å²) in [6.07, 6.45) is 0. The van der Waals surface area contributed by atoms with Gasteiger partial charge in [-0.25, -0.2) is 0 Å². The third-order valence-electron chi connectivity index (χ3n) is 2.58. The minimum absolute atomic E-state index is 0.0689. The summed E-state index contributed by atoms with van der Waals surface area (Å²) in [5, 5.41) is 3.24. The standard InChI is InChI=1S/C13H12ClNO4/c1-3-19-13-10(11(16)12(13)17)15-7-4-5-9(18-2)8(14)6-7/h4-6,15H,3H2,1-2H3. The number of halogens is 1. The molecule has 2 aromatic carbocycles. The van der Waals surface area contributed by atoms with Crippen LogP contribution in [-0.4, -0.2) is 13.7 Å². The minimum Gasteiger partial charge on any atom is -0.495 e. The molecule has 0 heterocycles. The van der Waals surface area contributed by atoms with E-state index in [-0.39, 0.29) is 11.4 Å². The van der Waals surface area contributed by atoms with Crippen molar-refractivity contribution < 1.29 is 9.47 Å². The molecule has 0 fully saturated rings. The van der Waals surface area contributed by atoms with Crippen molar-refractivity contribution in [2.24, 2.45) is 0 Å². The average molecular weight is 282 g/mol. The Kier molecular flexibility index (Phi) is 3.76. The molecule has 0 aliphatic rings. The van der Waals surface area contributed by atoms with Crippen molar-refractivity contribution in [1.82, 2.24) is 0 Å². The van der Waals surface area contributed by atoms with Gasteiger partial charge in [-0.15, -0.1) is 0 Å². The molecule has 0 radical (unpaired) electrons. The highest BCUT2D eigenvalue weighted by Crippen LogP contribution is 2.30. The van der Waals surface area contributed by atoms with Crippen LogP contribution >= 0.6 is 11.6 Å². The van der Waals surface area contributed by atoms with Gasteiger partial charge in [0.1, 0.15) is 11.4 Å². The van der Waals surface area contributed by atoms with Gasteiger partial charge >= 0.3 is 0 Å². The number of methoxy groups -OCH3 is 1. The number of hydrogen-bond acceptors (Lipinski definition) is 5. The highest BCUT2D eigenvalue weighted by atomic mass is 35.5. The maximum absolute atomic E-state index is 11.5. The Bertz CT molecular complexity index is 674. The number of ether oxygens (including phenoxy) is 2. The van der Waals surface area contributed by atoms with Gasteiger partial charge in [-0.1, -0.05) is 11.6 Å². The zero-order valence-electron chi connectivity index (χ0n) is 10.5. The SMILES string of the molecule is CCOc1c(Nc2ccc(OC)c(Cl)c2)c(=O)c1=O. The first-order chi connectivity index (χ1) is 9.08. The van der Waals surface area contributed by atoms with Crippen molar-refractivity contribution in [3.8, 4) is 11.5 Å². The summed E-state index contributed by atoms with van der Waals surface area (Å²) in [7, 11) is 1.51. The number of hydrogen-bond donors (Lipinski definition) is 1. The fourth-order valence-corrected chi connectivity index (χ4v) is 1.91. The highest BCUT2D eigenvalue weighted by Gasteiger charge is 2.22. The van der Waals surface area contributed by atoms with E-state index in [0.29, 0.717) is 23.1 Å². The van der Waals surface area contributed by atoms with E-state index in [2.05, 4.69) is 5.32 Å². The molecular formula is C13H12ClNO4. The Hall–Kier alpha value is -2.01. The lowest BCUT2D eigenvalue weighted by Gasteiger charge is -2.13. The van der Waals surface area contributed by atoms with Crippen LogP contribution in [0.25, 0.3) is 0 Å². The van der Waals surface area contributed by atoms with E-state index < -0.39 is 10.9 Å². The summed E-state index contributed by atoms with van der Waals surface area (Å²) in [6.45, 7) is 2.06. The molecule has 2 rings (SSSR count). The first kappa shape index (κ1) is 13.4. The van der Waals surface area contributed by atoms with Crippen LogP contribution in [0.3, 0.4) is 0 Å². The molecule has 0 bridgehead atoms. The van der Waals surface area contributed by atoms with Gasteiger partial charge in [0.15, 0.2) is 5.75 Å².